The van der Waals surface area contributed by atoms with Crippen molar-refractivity contribution in [3.05, 3.63) is 51.9 Å². The topological polar surface area (TPSA) is 34.4 Å². The van der Waals surface area contributed by atoms with Crippen LogP contribution in [0.4, 0.5) is 0 Å². The summed E-state index contributed by atoms with van der Waals surface area (Å²) in [4.78, 5) is 0. The zero-order valence-corrected chi connectivity index (χ0v) is 13.1. The summed E-state index contributed by atoms with van der Waals surface area (Å²) in [7, 11) is 1.71. The molecule has 0 fully saturated rings. The Morgan fingerprint density at radius 3 is 3.15 bits per heavy atom. The molecule has 1 aromatic heterocycles. The predicted molar refractivity (Wildman–Crippen MR) is 81.9 cm³/mol. The smallest absolute Gasteiger partial charge is 0.123 e. The van der Waals surface area contributed by atoms with Crippen LogP contribution in [0, 0.1) is 0 Å². The van der Waals surface area contributed by atoms with Crippen molar-refractivity contribution < 1.29 is 9.15 Å². The second kappa shape index (κ2) is 6.02. The minimum absolute atomic E-state index is 0.376. The van der Waals surface area contributed by atoms with Gasteiger partial charge in [0.1, 0.15) is 11.5 Å². The van der Waals surface area contributed by atoms with Gasteiger partial charge < -0.3 is 14.5 Å². The van der Waals surface area contributed by atoms with Gasteiger partial charge in [-0.15, -0.1) is 0 Å². The van der Waals surface area contributed by atoms with E-state index in [1.165, 1.54) is 12.0 Å². The van der Waals surface area contributed by atoms with E-state index < -0.39 is 0 Å². The second-order valence-electron chi connectivity index (χ2n) is 5.08. The van der Waals surface area contributed by atoms with Crippen molar-refractivity contribution in [3.8, 4) is 5.75 Å². The molecule has 4 heteroatoms. The molecule has 0 saturated carbocycles. The molecule has 0 spiro atoms. The van der Waals surface area contributed by atoms with Crippen LogP contribution in [0.1, 0.15) is 35.8 Å². The van der Waals surface area contributed by atoms with Gasteiger partial charge in [-0.05, 0) is 37.1 Å². The van der Waals surface area contributed by atoms with Crippen molar-refractivity contribution in [2.24, 2.45) is 0 Å². The summed E-state index contributed by atoms with van der Waals surface area (Å²) in [6.07, 6.45) is 5.18. The Bertz CT molecular complexity index is 594. The normalized spacial score (nSPS) is 17.8. The highest BCUT2D eigenvalue weighted by Gasteiger charge is 2.22. The molecule has 0 saturated heterocycles. The standard InChI is InChI=1S/C16H18BrNO2/c1-19-15-6-5-12(17)9-11(15)10-18-14-3-2-4-16-13(14)7-8-20-16/h5-9,14,18H,2-4,10H2,1H3. The average Bonchev–Trinajstić information content (AvgIpc) is 2.94. The third-order valence-electron chi connectivity index (χ3n) is 3.83. The van der Waals surface area contributed by atoms with Crippen LogP contribution in [-0.2, 0) is 13.0 Å². The lowest BCUT2D eigenvalue weighted by atomic mass is 9.93. The van der Waals surface area contributed by atoms with Crippen LogP contribution >= 0.6 is 15.9 Å². The molecule has 106 valence electrons. The molecular formula is C16H18BrNO2. The van der Waals surface area contributed by atoms with Crippen molar-refractivity contribution in [2.45, 2.75) is 31.8 Å². The molecule has 3 rings (SSSR count). The zero-order chi connectivity index (χ0) is 13.9. The van der Waals surface area contributed by atoms with Crippen molar-refractivity contribution in [2.75, 3.05) is 7.11 Å². The van der Waals surface area contributed by atoms with Crippen LogP contribution in [0.3, 0.4) is 0 Å². The maximum atomic E-state index is 5.53. The summed E-state index contributed by atoms with van der Waals surface area (Å²) in [5, 5.41) is 3.62. The van der Waals surface area contributed by atoms with E-state index in [9.17, 15) is 0 Å². The van der Waals surface area contributed by atoms with Crippen LogP contribution in [0.25, 0.3) is 0 Å². The largest absolute Gasteiger partial charge is 0.496 e. The zero-order valence-electron chi connectivity index (χ0n) is 11.5. The van der Waals surface area contributed by atoms with Crippen molar-refractivity contribution in [1.29, 1.82) is 0 Å². The Hall–Kier alpha value is -1.26. The molecule has 0 amide bonds. The van der Waals surface area contributed by atoms with E-state index >= 15 is 0 Å². The van der Waals surface area contributed by atoms with Gasteiger partial charge in [0.25, 0.3) is 0 Å². The summed E-state index contributed by atoms with van der Waals surface area (Å²) >= 11 is 3.51. The molecule has 0 bridgehead atoms. The molecule has 3 nitrogen and oxygen atoms in total. The van der Waals surface area contributed by atoms with Gasteiger partial charge in [-0.1, -0.05) is 15.9 Å². The van der Waals surface area contributed by atoms with Crippen LogP contribution in [-0.4, -0.2) is 7.11 Å². The molecule has 1 aliphatic rings. The number of aryl methyl sites for hydroxylation is 1. The van der Waals surface area contributed by atoms with E-state index in [4.69, 9.17) is 9.15 Å². The van der Waals surface area contributed by atoms with Gasteiger partial charge >= 0.3 is 0 Å². The van der Waals surface area contributed by atoms with E-state index in [1.54, 1.807) is 13.4 Å². The van der Waals surface area contributed by atoms with Gasteiger partial charge in [0.2, 0.25) is 0 Å². The lowest BCUT2D eigenvalue weighted by molar-refractivity contribution is 0.393. The monoisotopic (exact) mass is 335 g/mol. The quantitative estimate of drug-likeness (QED) is 0.908. The van der Waals surface area contributed by atoms with Crippen LogP contribution < -0.4 is 10.1 Å². The number of furan rings is 1. The van der Waals surface area contributed by atoms with Crippen molar-refractivity contribution in [1.82, 2.24) is 5.32 Å². The van der Waals surface area contributed by atoms with Gasteiger partial charge in [-0.25, -0.2) is 0 Å². The van der Waals surface area contributed by atoms with Crippen LogP contribution in [0.2, 0.25) is 0 Å². The number of halogens is 1. The highest BCUT2D eigenvalue weighted by Crippen LogP contribution is 2.31. The Kier molecular flexibility index (Phi) is 4.13. The van der Waals surface area contributed by atoms with E-state index in [2.05, 4.69) is 33.4 Å². The Labute approximate surface area is 127 Å². The summed E-state index contributed by atoms with van der Waals surface area (Å²) in [6.45, 7) is 0.790. The first-order valence-corrected chi connectivity index (χ1v) is 7.69. The fraction of sp³-hybridized carbons (Fsp3) is 0.375. The number of benzene rings is 1. The number of methoxy groups -OCH3 is 1. The molecule has 1 aromatic carbocycles. The SMILES string of the molecule is COc1ccc(Br)cc1CNC1CCCc2occc21. The maximum absolute atomic E-state index is 5.53. The van der Waals surface area contributed by atoms with E-state index in [0.717, 1.165) is 40.9 Å². The first-order valence-electron chi connectivity index (χ1n) is 6.90. The number of hydrogen-bond acceptors (Lipinski definition) is 3. The molecule has 1 atom stereocenters. The highest BCUT2D eigenvalue weighted by atomic mass is 79.9. The van der Waals surface area contributed by atoms with Gasteiger partial charge in [0, 0.05) is 34.6 Å². The molecule has 20 heavy (non-hydrogen) atoms. The Morgan fingerprint density at radius 2 is 2.30 bits per heavy atom. The molecule has 1 heterocycles. The Morgan fingerprint density at radius 1 is 1.40 bits per heavy atom. The molecule has 2 aromatic rings. The molecular weight excluding hydrogens is 318 g/mol. The van der Waals surface area contributed by atoms with Crippen molar-refractivity contribution in [3.63, 3.8) is 0 Å². The average molecular weight is 336 g/mol. The van der Waals surface area contributed by atoms with Crippen LogP contribution in [0.15, 0.2) is 39.4 Å². The summed E-state index contributed by atoms with van der Waals surface area (Å²) in [5.74, 6) is 2.05. The molecule has 1 N–H and O–H groups in total. The molecule has 1 aliphatic carbocycles. The summed E-state index contributed by atoms with van der Waals surface area (Å²) in [5.41, 5.74) is 2.47. The van der Waals surface area contributed by atoms with E-state index in [1.807, 2.05) is 12.1 Å². The number of hydrogen-bond donors (Lipinski definition) is 1. The number of rotatable bonds is 4. The van der Waals surface area contributed by atoms with Gasteiger partial charge in [0.15, 0.2) is 0 Å². The van der Waals surface area contributed by atoms with Gasteiger partial charge in [-0.2, -0.15) is 0 Å². The molecule has 0 aliphatic heterocycles. The van der Waals surface area contributed by atoms with Crippen LogP contribution in [0.5, 0.6) is 5.75 Å². The lowest BCUT2D eigenvalue weighted by Crippen LogP contribution is -2.24. The third kappa shape index (κ3) is 2.76. The first kappa shape index (κ1) is 13.7. The minimum atomic E-state index is 0.376. The minimum Gasteiger partial charge on any atom is -0.496 e. The Balaban J connectivity index is 1.73. The number of fused-ring (bicyclic) bond motifs is 1. The van der Waals surface area contributed by atoms with Gasteiger partial charge in [0.05, 0.1) is 13.4 Å². The second-order valence-corrected chi connectivity index (χ2v) is 6.00. The van der Waals surface area contributed by atoms with E-state index in [0.29, 0.717) is 6.04 Å². The fourth-order valence-electron chi connectivity index (χ4n) is 2.82. The summed E-state index contributed by atoms with van der Waals surface area (Å²) < 4.78 is 12.0. The number of ether oxygens (including phenoxy) is 1. The highest BCUT2D eigenvalue weighted by molar-refractivity contribution is 9.10. The molecule has 0 radical (unpaired) electrons. The third-order valence-corrected chi connectivity index (χ3v) is 4.33. The first-order chi connectivity index (χ1) is 9.78. The predicted octanol–water partition coefficient (Wildman–Crippen LogP) is 4.22. The lowest BCUT2D eigenvalue weighted by Gasteiger charge is -2.23. The number of nitrogens with one attached hydrogen (secondary N) is 1. The molecule has 1 unspecified atom stereocenters. The van der Waals surface area contributed by atoms with Gasteiger partial charge in [-0.3, -0.25) is 0 Å². The van der Waals surface area contributed by atoms with Crippen molar-refractivity contribution >= 4 is 15.9 Å². The fourth-order valence-corrected chi connectivity index (χ4v) is 3.23. The summed E-state index contributed by atoms with van der Waals surface area (Å²) in [6, 6.07) is 8.55. The maximum Gasteiger partial charge on any atom is 0.123 e. The van der Waals surface area contributed by atoms with E-state index in [-0.39, 0.29) is 0 Å².